The molecule has 1 aliphatic rings. The summed E-state index contributed by atoms with van der Waals surface area (Å²) in [5, 5.41) is 5.94. The molecular formula is C28H30BrN3O3. The summed E-state index contributed by atoms with van der Waals surface area (Å²) in [6.07, 6.45) is 1.67. The molecule has 7 heteroatoms. The number of hydrogen-bond donors (Lipinski definition) is 2. The molecule has 2 N–H and O–H groups in total. The largest absolute Gasteiger partial charge is 0.382 e. The second kappa shape index (κ2) is 12.0. The van der Waals surface area contributed by atoms with E-state index < -0.39 is 0 Å². The van der Waals surface area contributed by atoms with Gasteiger partial charge in [-0.05, 0) is 73.4 Å². The van der Waals surface area contributed by atoms with E-state index in [4.69, 9.17) is 4.74 Å². The van der Waals surface area contributed by atoms with Gasteiger partial charge in [-0.2, -0.15) is 0 Å². The van der Waals surface area contributed by atoms with E-state index in [9.17, 15) is 9.59 Å². The van der Waals surface area contributed by atoms with Gasteiger partial charge in [-0.1, -0.05) is 40.2 Å². The molecule has 0 aromatic heterocycles. The van der Waals surface area contributed by atoms with E-state index >= 15 is 0 Å². The zero-order valence-corrected chi connectivity index (χ0v) is 21.4. The second-order valence-corrected chi connectivity index (χ2v) is 9.36. The Bertz CT molecular complexity index is 1180. The van der Waals surface area contributed by atoms with Gasteiger partial charge >= 0.3 is 0 Å². The molecule has 0 saturated carbocycles. The zero-order chi connectivity index (χ0) is 24.6. The second-order valence-electron chi connectivity index (χ2n) is 8.44. The van der Waals surface area contributed by atoms with Crippen molar-refractivity contribution in [1.29, 1.82) is 0 Å². The Morgan fingerprint density at radius 3 is 2.54 bits per heavy atom. The van der Waals surface area contributed by atoms with Gasteiger partial charge in [0, 0.05) is 54.3 Å². The maximum absolute atomic E-state index is 13.2. The molecule has 6 nitrogen and oxygen atoms in total. The molecule has 0 fully saturated rings. The summed E-state index contributed by atoms with van der Waals surface area (Å²) in [6, 6.07) is 21.1. The highest BCUT2D eigenvalue weighted by Crippen LogP contribution is 2.30. The van der Waals surface area contributed by atoms with Crippen LogP contribution in [0.5, 0.6) is 0 Å². The smallest absolute Gasteiger partial charge is 0.255 e. The Morgan fingerprint density at radius 2 is 1.77 bits per heavy atom. The first kappa shape index (κ1) is 24.9. The highest BCUT2D eigenvalue weighted by molar-refractivity contribution is 9.10. The van der Waals surface area contributed by atoms with Gasteiger partial charge in [0.25, 0.3) is 11.8 Å². The van der Waals surface area contributed by atoms with Crippen LogP contribution in [-0.2, 0) is 17.7 Å². The van der Waals surface area contributed by atoms with Crippen molar-refractivity contribution in [1.82, 2.24) is 5.32 Å². The number of carbonyl (C=O) groups excluding carboxylic acids is 2. The number of nitrogens with one attached hydrogen (secondary N) is 2. The fourth-order valence-corrected chi connectivity index (χ4v) is 4.46. The van der Waals surface area contributed by atoms with Gasteiger partial charge in [0.1, 0.15) is 0 Å². The van der Waals surface area contributed by atoms with Crippen LogP contribution in [-0.4, -0.2) is 38.1 Å². The van der Waals surface area contributed by atoms with E-state index in [1.807, 2.05) is 31.2 Å². The molecule has 0 bridgehead atoms. The Labute approximate surface area is 214 Å². The Hall–Kier alpha value is -3.16. The number of benzene rings is 3. The Balaban J connectivity index is 1.56. The van der Waals surface area contributed by atoms with E-state index in [2.05, 4.69) is 55.7 Å². The van der Waals surface area contributed by atoms with Crippen LogP contribution in [0.2, 0.25) is 0 Å². The number of ether oxygens (including phenoxy) is 1. The maximum atomic E-state index is 13.2. The van der Waals surface area contributed by atoms with Crippen molar-refractivity contribution in [2.24, 2.45) is 0 Å². The molecule has 3 aromatic carbocycles. The van der Waals surface area contributed by atoms with Gasteiger partial charge in [-0.3, -0.25) is 9.59 Å². The van der Waals surface area contributed by atoms with Crippen LogP contribution in [0.15, 0.2) is 71.2 Å². The van der Waals surface area contributed by atoms with Crippen molar-refractivity contribution < 1.29 is 14.3 Å². The van der Waals surface area contributed by atoms with Crippen LogP contribution in [0.25, 0.3) is 0 Å². The van der Waals surface area contributed by atoms with Gasteiger partial charge in [0.05, 0.1) is 5.56 Å². The minimum Gasteiger partial charge on any atom is -0.382 e. The lowest BCUT2D eigenvalue weighted by Gasteiger charge is -2.32. The summed E-state index contributed by atoms with van der Waals surface area (Å²) in [7, 11) is 0. The van der Waals surface area contributed by atoms with Crippen molar-refractivity contribution >= 4 is 39.1 Å². The minimum atomic E-state index is -0.222. The number of amides is 2. The Kier molecular flexibility index (Phi) is 8.55. The molecule has 3 aromatic rings. The number of carbonyl (C=O) groups is 2. The summed E-state index contributed by atoms with van der Waals surface area (Å²) in [6.45, 7) is 5.31. The molecule has 0 saturated heterocycles. The molecule has 1 heterocycles. The molecule has 1 aliphatic heterocycles. The maximum Gasteiger partial charge on any atom is 0.255 e. The van der Waals surface area contributed by atoms with Crippen molar-refractivity contribution in [3.8, 4) is 0 Å². The summed E-state index contributed by atoms with van der Waals surface area (Å²) in [5.74, 6) is -0.379. The van der Waals surface area contributed by atoms with Gasteiger partial charge in [-0.25, -0.2) is 0 Å². The standard InChI is InChI=1S/C28H30BrN3O3/c1-2-35-17-5-15-30-28(34)25-18-24(31-27(33)21-8-10-23(29)11-9-21)12-13-26(25)32-16-14-20-6-3-4-7-22(20)19-32/h3-4,6-13,18H,2,5,14-17,19H2,1H3,(H,30,34)(H,31,33). The van der Waals surface area contributed by atoms with Gasteiger partial charge in [-0.15, -0.1) is 0 Å². The van der Waals surface area contributed by atoms with Gasteiger partial charge < -0.3 is 20.3 Å². The third-order valence-corrected chi connectivity index (χ3v) is 6.56. The lowest BCUT2D eigenvalue weighted by Crippen LogP contribution is -2.33. The van der Waals surface area contributed by atoms with Crippen LogP contribution in [0.3, 0.4) is 0 Å². The van der Waals surface area contributed by atoms with E-state index in [1.54, 1.807) is 18.2 Å². The number of halogens is 1. The van der Waals surface area contributed by atoms with E-state index in [1.165, 1.54) is 11.1 Å². The highest BCUT2D eigenvalue weighted by atomic mass is 79.9. The van der Waals surface area contributed by atoms with Crippen molar-refractivity contribution in [3.63, 3.8) is 0 Å². The quantitative estimate of drug-likeness (QED) is 0.359. The van der Waals surface area contributed by atoms with Gasteiger partial charge in [0.2, 0.25) is 0 Å². The predicted octanol–water partition coefficient (Wildman–Crippen LogP) is 5.42. The van der Waals surface area contributed by atoms with E-state index in [-0.39, 0.29) is 11.8 Å². The lowest BCUT2D eigenvalue weighted by atomic mass is 9.98. The monoisotopic (exact) mass is 535 g/mol. The molecule has 0 aliphatic carbocycles. The lowest BCUT2D eigenvalue weighted by molar-refractivity contribution is 0.0943. The van der Waals surface area contributed by atoms with Crippen molar-refractivity contribution in [2.75, 3.05) is 36.5 Å². The molecule has 2 amide bonds. The minimum absolute atomic E-state index is 0.157. The Morgan fingerprint density at radius 1 is 1.00 bits per heavy atom. The average Bonchev–Trinajstić information content (AvgIpc) is 2.88. The topological polar surface area (TPSA) is 70.7 Å². The van der Waals surface area contributed by atoms with Crippen LogP contribution in [0, 0.1) is 0 Å². The number of hydrogen-bond acceptors (Lipinski definition) is 4. The first-order valence-corrected chi connectivity index (χ1v) is 12.7. The normalized spacial score (nSPS) is 12.7. The fourth-order valence-electron chi connectivity index (χ4n) is 4.19. The molecule has 35 heavy (non-hydrogen) atoms. The fraction of sp³-hybridized carbons (Fsp3) is 0.286. The molecule has 0 radical (unpaired) electrons. The molecule has 4 rings (SSSR count). The molecule has 0 spiro atoms. The number of nitrogens with zero attached hydrogens (tertiary/aromatic N) is 1. The molecule has 0 unspecified atom stereocenters. The third kappa shape index (κ3) is 6.50. The molecule has 0 atom stereocenters. The van der Waals surface area contributed by atoms with Gasteiger partial charge in [0.15, 0.2) is 0 Å². The van der Waals surface area contributed by atoms with Crippen LogP contribution < -0.4 is 15.5 Å². The summed E-state index contributed by atoms with van der Waals surface area (Å²) < 4.78 is 6.28. The first-order valence-electron chi connectivity index (χ1n) is 11.9. The first-order chi connectivity index (χ1) is 17.0. The van der Waals surface area contributed by atoms with Crippen LogP contribution in [0.4, 0.5) is 11.4 Å². The van der Waals surface area contributed by atoms with E-state index in [0.29, 0.717) is 36.6 Å². The molecule has 182 valence electrons. The predicted molar refractivity (Wildman–Crippen MR) is 143 cm³/mol. The van der Waals surface area contributed by atoms with Crippen LogP contribution in [0.1, 0.15) is 45.2 Å². The van der Waals surface area contributed by atoms with Crippen molar-refractivity contribution in [2.45, 2.75) is 26.3 Å². The van der Waals surface area contributed by atoms with Crippen LogP contribution >= 0.6 is 15.9 Å². The molecular weight excluding hydrogens is 506 g/mol. The highest BCUT2D eigenvalue weighted by Gasteiger charge is 2.22. The summed E-state index contributed by atoms with van der Waals surface area (Å²) >= 11 is 3.39. The SMILES string of the molecule is CCOCCCNC(=O)c1cc(NC(=O)c2ccc(Br)cc2)ccc1N1CCc2ccccc2C1. The number of rotatable bonds is 9. The summed E-state index contributed by atoms with van der Waals surface area (Å²) in [5.41, 5.74) is 5.17. The summed E-state index contributed by atoms with van der Waals surface area (Å²) in [4.78, 5) is 28.2. The zero-order valence-electron chi connectivity index (χ0n) is 19.9. The number of anilines is 2. The number of fused-ring (bicyclic) bond motifs is 1. The average molecular weight is 536 g/mol. The van der Waals surface area contributed by atoms with Crippen molar-refractivity contribution in [3.05, 3.63) is 93.5 Å². The van der Waals surface area contributed by atoms with E-state index in [0.717, 1.165) is 36.1 Å². The third-order valence-electron chi connectivity index (χ3n) is 6.03.